The Morgan fingerprint density at radius 3 is 2.48 bits per heavy atom. The third-order valence-electron chi connectivity index (χ3n) is 6.18. The van der Waals surface area contributed by atoms with Gasteiger partial charge in [-0.25, -0.2) is 4.98 Å². The molecule has 0 saturated carbocycles. The van der Waals surface area contributed by atoms with Crippen molar-refractivity contribution in [3.8, 4) is 0 Å². The van der Waals surface area contributed by atoms with E-state index in [0.717, 1.165) is 44.2 Å². The molecule has 0 unspecified atom stereocenters. The first-order valence-corrected chi connectivity index (χ1v) is 11.2. The number of carbonyl (C=O) groups is 2. The number of piperazine rings is 1. The number of aromatic nitrogens is 2. The third kappa shape index (κ3) is 4.39. The lowest BCUT2D eigenvalue weighted by Gasteiger charge is -2.36. The average Bonchev–Trinajstić information content (AvgIpc) is 3.48. The molecule has 3 saturated heterocycles. The molecule has 3 atom stereocenters. The molecule has 4 rings (SSSR count). The Bertz CT molecular complexity index is 729. The first-order chi connectivity index (χ1) is 14.1. The van der Waals surface area contributed by atoms with Gasteiger partial charge in [-0.15, -0.1) is 0 Å². The van der Waals surface area contributed by atoms with Gasteiger partial charge in [0.05, 0.1) is 12.0 Å². The summed E-state index contributed by atoms with van der Waals surface area (Å²) < 4.78 is 9.38. The molecule has 0 aliphatic carbocycles. The fourth-order valence-electron chi connectivity index (χ4n) is 4.52. The van der Waals surface area contributed by atoms with E-state index in [1.807, 2.05) is 16.7 Å². The highest BCUT2D eigenvalue weighted by Crippen LogP contribution is 2.26. The van der Waals surface area contributed by atoms with Crippen LogP contribution in [-0.4, -0.2) is 89.4 Å². The predicted octanol–water partition coefficient (Wildman–Crippen LogP) is 0.322. The molecule has 0 spiro atoms. The molecule has 4 heterocycles. The van der Waals surface area contributed by atoms with Gasteiger partial charge in [0.15, 0.2) is 5.82 Å². The first-order valence-electron chi connectivity index (χ1n) is 10.5. The summed E-state index contributed by atoms with van der Waals surface area (Å²) in [6.45, 7) is 6.98. The van der Waals surface area contributed by atoms with E-state index in [1.165, 1.54) is 11.5 Å². The van der Waals surface area contributed by atoms with Gasteiger partial charge in [0.2, 0.25) is 16.9 Å². The van der Waals surface area contributed by atoms with Crippen LogP contribution in [0.15, 0.2) is 0 Å². The number of ether oxygens (including phenoxy) is 1. The maximum absolute atomic E-state index is 13.1. The minimum absolute atomic E-state index is 0.0249. The Balaban J connectivity index is 1.30. The summed E-state index contributed by atoms with van der Waals surface area (Å²) in [5.41, 5.74) is 0. The zero-order valence-corrected chi connectivity index (χ0v) is 18.0. The number of rotatable bonds is 5. The van der Waals surface area contributed by atoms with Crippen LogP contribution in [0.5, 0.6) is 0 Å². The monoisotopic (exact) mass is 422 g/mol. The topological polar surface area (TPSA) is 90.9 Å². The molecule has 1 aromatic rings. The van der Waals surface area contributed by atoms with Crippen LogP contribution < -0.4 is 10.2 Å². The lowest BCUT2D eigenvalue weighted by molar-refractivity contribution is -0.136. The maximum Gasteiger partial charge on any atom is 0.239 e. The molecule has 3 fully saturated rings. The average molecular weight is 423 g/mol. The zero-order valence-electron chi connectivity index (χ0n) is 17.2. The van der Waals surface area contributed by atoms with Gasteiger partial charge in [-0.2, -0.15) is 4.37 Å². The zero-order chi connectivity index (χ0) is 20.4. The molecule has 10 heteroatoms. The van der Waals surface area contributed by atoms with Crippen LogP contribution in [0.1, 0.15) is 32.0 Å². The van der Waals surface area contributed by atoms with E-state index in [0.29, 0.717) is 31.9 Å². The number of nitrogens with zero attached hydrogens (tertiary/aromatic N) is 5. The predicted molar refractivity (Wildman–Crippen MR) is 110 cm³/mol. The smallest absolute Gasteiger partial charge is 0.239 e. The van der Waals surface area contributed by atoms with Crippen molar-refractivity contribution >= 4 is 28.5 Å². The van der Waals surface area contributed by atoms with Crippen molar-refractivity contribution in [1.29, 1.82) is 0 Å². The highest BCUT2D eigenvalue weighted by molar-refractivity contribution is 7.09. The molecule has 160 valence electrons. The standard InChI is InChI=1S/C19H30N6O3S/c1-13-14(11-15(20-13)18(27)23-5-3-4-6-23)17(26)24-7-9-25(10-8-24)19-21-16(12-28-2)22-29-19/h13-15,20H,3-12H2,1-2H3/t13-,14-,15-/m0/s1. The molecule has 0 aromatic carbocycles. The van der Waals surface area contributed by atoms with Crippen molar-refractivity contribution in [2.45, 2.75) is 44.9 Å². The van der Waals surface area contributed by atoms with Crippen LogP contribution in [-0.2, 0) is 20.9 Å². The van der Waals surface area contributed by atoms with Crippen LogP contribution >= 0.6 is 11.5 Å². The Morgan fingerprint density at radius 1 is 1.10 bits per heavy atom. The number of amides is 2. The molecule has 3 aliphatic rings. The first kappa shape index (κ1) is 20.5. The van der Waals surface area contributed by atoms with E-state index >= 15 is 0 Å². The van der Waals surface area contributed by atoms with Crippen molar-refractivity contribution in [1.82, 2.24) is 24.5 Å². The molecular weight excluding hydrogens is 392 g/mol. The quantitative estimate of drug-likeness (QED) is 0.731. The van der Waals surface area contributed by atoms with Crippen LogP contribution in [0.2, 0.25) is 0 Å². The number of methoxy groups -OCH3 is 1. The summed E-state index contributed by atoms with van der Waals surface area (Å²) in [5.74, 6) is 0.898. The van der Waals surface area contributed by atoms with Crippen molar-refractivity contribution in [3.63, 3.8) is 0 Å². The third-order valence-corrected chi connectivity index (χ3v) is 7.00. The Labute approximate surface area is 175 Å². The lowest BCUT2D eigenvalue weighted by atomic mass is 9.97. The van der Waals surface area contributed by atoms with E-state index in [1.54, 1.807) is 7.11 Å². The lowest BCUT2D eigenvalue weighted by Crippen LogP contribution is -2.51. The van der Waals surface area contributed by atoms with Crippen molar-refractivity contribution in [3.05, 3.63) is 5.82 Å². The van der Waals surface area contributed by atoms with Gasteiger partial charge in [0.25, 0.3) is 0 Å². The number of anilines is 1. The summed E-state index contributed by atoms with van der Waals surface area (Å²) in [5, 5.41) is 4.26. The minimum atomic E-state index is -0.223. The molecule has 9 nitrogen and oxygen atoms in total. The minimum Gasteiger partial charge on any atom is -0.377 e. The number of hydrogen-bond acceptors (Lipinski definition) is 8. The molecule has 2 amide bonds. The maximum atomic E-state index is 13.1. The van der Waals surface area contributed by atoms with E-state index in [-0.39, 0.29) is 29.8 Å². The van der Waals surface area contributed by atoms with Crippen molar-refractivity contribution in [2.24, 2.45) is 5.92 Å². The second kappa shape index (κ2) is 8.93. The van der Waals surface area contributed by atoms with Crippen LogP contribution in [0.25, 0.3) is 0 Å². The van der Waals surface area contributed by atoms with E-state index in [2.05, 4.69) is 19.6 Å². The normalized spacial score (nSPS) is 27.7. The van der Waals surface area contributed by atoms with Crippen molar-refractivity contribution in [2.75, 3.05) is 51.3 Å². The molecule has 0 radical (unpaired) electrons. The van der Waals surface area contributed by atoms with Crippen molar-refractivity contribution < 1.29 is 14.3 Å². The van der Waals surface area contributed by atoms with Crippen LogP contribution in [0.4, 0.5) is 5.13 Å². The summed E-state index contributed by atoms with van der Waals surface area (Å²) in [4.78, 5) is 36.4. The van der Waals surface area contributed by atoms with Gasteiger partial charge in [0, 0.05) is 64.0 Å². The number of carbonyl (C=O) groups excluding carboxylic acids is 2. The Kier molecular flexibility index (Phi) is 6.31. The van der Waals surface area contributed by atoms with E-state index in [4.69, 9.17) is 4.74 Å². The van der Waals surface area contributed by atoms with E-state index in [9.17, 15) is 9.59 Å². The van der Waals surface area contributed by atoms with Gasteiger partial charge >= 0.3 is 0 Å². The Hall–Kier alpha value is -1.78. The van der Waals surface area contributed by atoms with Gasteiger partial charge < -0.3 is 24.8 Å². The van der Waals surface area contributed by atoms with Gasteiger partial charge in [-0.05, 0) is 26.2 Å². The largest absolute Gasteiger partial charge is 0.377 e. The molecule has 29 heavy (non-hydrogen) atoms. The highest BCUT2D eigenvalue weighted by Gasteiger charge is 2.42. The SMILES string of the molecule is COCc1nsc(N2CCN(C(=O)[C@H]3C[C@@H](C(=O)N4CCCC4)N[C@H]3C)CC2)n1. The molecular formula is C19H30N6O3S. The summed E-state index contributed by atoms with van der Waals surface area (Å²) in [6, 6.07) is -0.198. The highest BCUT2D eigenvalue weighted by atomic mass is 32.1. The van der Waals surface area contributed by atoms with Gasteiger partial charge in [0.1, 0.15) is 6.61 Å². The van der Waals surface area contributed by atoms with E-state index < -0.39 is 0 Å². The number of likely N-dealkylation sites (tertiary alicyclic amines) is 1. The fraction of sp³-hybridized carbons (Fsp3) is 0.789. The van der Waals surface area contributed by atoms with Gasteiger partial charge in [-0.1, -0.05) is 0 Å². The van der Waals surface area contributed by atoms with Crippen LogP contribution in [0, 0.1) is 5.92 Å². The molecule has 1 aromatic heterocycles. The molecule has 0 bridgehead atoms. The summed E-state index contributed by atoms with van der Waals surface area (Å²) in [6.07, 6.45) is 2.77. The number of nitrogens with one attached hydrogen (secondary N) is 1. The second-order valence-corrected chi connectivity index (χ2v) is 8.85. The number of hydrogen-bond donors (Lipinski definition) is 1. The molecule has 1 N–H and O–H groups in total. The summed E-state index contributed by atoms with van der Waals surface area (Å²) in [7, 11) is 1.63. The molecule has 3 aliphatic heterocycles. The van der Waals surface area contributed by atoms with Crippen LogP contribution in [0.3, 0.4) is 0 Å². The Morgan fingerprint density at radius 2 is 1.79 bits per heavy atom. The second-order valence-electron chi connectivity index (χ2n) is 8.12. The summed E-state index contributed by atoms with van der Waals surface area (Å²) >= 11 is 1.38. The van der Waals surface area contributed by atoms with Gasteiger partial charge in [-0.3, -0.25) is 9.59 Å². The fourth-order valence-corrected chi connectivity index (χ4v) is 5.24.